The number of thioether (sulfide) groups is 1. The number of carbonyl (C=O) groups is 2. The lowest BCUT2D eigenvalue weighted by atomic mass is 10.1. The van der Waals surface area contributed by atoms with E-state index in [9.17, 15) is 9.59 Å². The topological polar surface area (TPSA) is 80.7 Å². The first kappa shape index (κ1) is 16.3. The fourth-order valence-electron chi connectivity index (χ4n) is 2.66. The fraction of sp³-hybridized carbons (Fsp3) is 0.294. The second kappa shape index (κ2) is 6.61. The highest BCUT2D eigenvalue weighted by Crippen LogP contribution is 2.32. The van der Waals surface area contributed by atoms with E-state index in [0.717, 1.165) is 22.7 Å². The van der Waals surface area contributed by atoms with Crippen LogP contribution in [-0.4, -0.2) is 40.2 Å². The number of aromatic nitrogens is 1. The predicted molar refractivity (Wildman–Crippen MR) is 98.6 cm³/mol. The summed E-state index contributed by atoms with van der Waals surface area (Å²) in [6, 6.07) is 5.98. The van der Waals surface area contributed by atoms with Crippen molar-refractivity contribution >= 4 is 40.5 Å². The monoisotopic (exact) mass is 373 g/mol. The Morgan fingerprint density at radius 1 is 1.36 bits per heavy atom. The van der Waals surface area contributed by atoms with Crippen molar-refractivity contribution in [1.29, 1.82) is 0 Å². The number of carbonyl (C=O) groups excluding carboxylic acids is 2. The second-order valence-electron chi connectivity index (χ2n) is 5.73. The molecule has 1 aromatic heterocycles. The maximum absolute atomic E-state index is 12.4. The molecule has 0 saturated heterocycles. The zero-order valence-electron chi connectivity index (χ0n) is 13.4. The average molecular weight is 373 g/mol. The number of Topliss-reactive ketones (excluding diaryl/α,β-unsaturated/α-hetero) is 1. The van der Waals surface area contributed by atoms with Crippen LogP contribution in [0.3, 0.4) is 0 Å². The molecular weight excluding hydrogens is 358 g/mol. The minimum absolute atomic E-state index is 0.0548. The van der Waals surface area contributed by atoms with Crippen LogP contribution in [0, 0.1) is 0 Å². The fourth-order valence-corrected chi connectivity index (χ4v) is 4.44. The Morgan fingerprint density at radius 3 is 3.04 bits per heavy atom. The maximum Gasteiger partial charge on any atom is 0.273 e. The molecule has 128 valence electrons. The number of nitrogens with one attached hydrogen (secondary N) is 1. The summed E-state index contributed by atoms with van der Waals surface area (Å²) >= 11 is 2.85. The number of fused-ring (bicyclic) bond motifs is 1. The van der Waals surface area contributed by atoms with Crippen molar-refractivity contribution in [1.82, 2.24) is 10.3 Å². The molecule has 6 nitrogen and oxygen atoms in total. The molecule has 0 saturated carbocycles. The summed E-state index contributed by atoms with van der Waals surface area (Å²) < 4.78 is 5.51. The van der Waals surface area contributed by atoms with Crippen molar-refractivity contribution in [3.05, 3.63) is 34.8 Å². The number of benzene rings is 1. The summed E-state index contributed by atoms with van der Waals surface area (Å²) in [6.07, 6.45) is 0.900. The van der Waals surface area contributed by atoms with Crippen molar-refractivity contribution in [2.24, 2.45) is 4.99 Å². The third kappa shape index (κ3) is 3.32. The average Bonchev–Trinajstić information content (AvgIpc) is 3.33. The van der Waals surface area contributed by atoms with Crippen LogP contribution in [0.1, 0.15) is 23.0 Å². The number of hydrogen-bond donors (Lipinski definition) is 1. The van der Waals surface area contributed by atoms with Crippen LogP contribution < -0.4 is 10.1 Å². The number of rotatable bonds is 4. The van der Waals surface area contributed by atoms with Gasteiger partial charge in [-0.1, -0.05) is 0 Å². The van der Waals surface area contributed by atoms with Gasteiger partial charge in [0.1, 0.15) is 16.5 Å². The van der Waals surface area contributed by atoms with Crippen molar-refractivity contribution in [2.45, 2.75) is 18.8 Å². The number of nitrogens with zero attached hydrogens (tertiary/aromatic N) is 2. The van der Waals surface area contributed by atoms with E-state index < -0.39 is 5.50 Å². The Morgan fingerprint density at radius 2 is 2.24 bits per heavy atom. The van der Waals surface area contributed by atoms with Gasteiger partial charge in [0.15, 0.2) is 11.3 Å². The lowest BCUT2D eigenvalue weighted by Crippen LogP contribution is -2.30. The van der Waals surface area contributed by atoms with Gasteiger partial charge in [0.25, 0.3) is 5.91 Å². The quantitative estimate of drug-likeness (QED) is 0.891. The Labute approximate surface area is 152 Å². The molecule has 0 spiro atoms. The van der Waals surface area contributed by atoms with E-state index in [1.807, 2.05) is 12.1 Å². The molecule has 2 aromatic rings. The minimum Gasteiger partial charge on any atom is -0.493 e. The van der Waals surface area contributed by atoms with Crippen LogP contribution in [0.5, 0.6) is 5.75 Å². The third-order valence-electron chi connectivity index (χ3n) is 3.99. The lowest BCUT2D eigenvalue weighted by Gasteiger charge is -2.07. The highest BCUT2D eigenvalue weighted by molar-refractivity contribution is 8.01. The number of thiazole rings is 1. The van der Waals surface area contributed by atoms with Gasteiger partial charge in [-0.25, -0.2) is 4.98 Å². The molecule has 25 heavy (non-hydrogen) atoms. The van der Waals surface area contributed by atoms with Crippen molar-refractivity contribution in [3.8, 4) is 16.3 Å². The molecule has 0 aliphatic carbocycles. The maximum atomic E-state index is 12.4. The van der Waals surface area contributed by atoms with E-state index in [0.29, 0.717) is 23.8 Å². The van der Waals surface area contributed by atoms with Gasteiger partial charge in [-0.15, -0.1) is 23.1 Å². The van der Waals surface area contributed by atoms with Crippen LogP contribution in [0.2, 0.25) is 0 Å². The Kier molecular flexibility index (Phi) is 4.30. The molecule has 1 N–H and O–H groups in total. The molecule has 8 heteroatoms. The Hall–Kier alpha value is -2.19. The number of ketones is 1. The molecule has 4 rings (SSSR count). The van der Waals surface area contributed by atoms with Crippen LogP contribution in [-0.2, 0) is 11.2 Å². The van der Waals surface area contributed by atoms with Gasteiger partial charge >= 0.3 is 0 Å². The van der Waals surface area contributed by atoms with Gasteiger partial charge in [-0.2, -0.15) is 0 Å². The van der Waals surface area contributed by atoms with Gasteiger partial charge in [0.05, 0.1) is 12.3 Å². The molecule has 2 aliphatic heterocycles. The zero-order valence-corrected chi connectivity index (χ0v) is 15.1. The summed E-state index contributed by atoms with van der Waals surface area (Å²) in [5.74, 6) is 1.12. The first-order valence-corrected chi connectivity index (χ1v) is 9.75. The van der Waals surface area contributed by atoms with Crippen molar-refractivity contribution in [2.75, 3.05) is 12.4 Å². The number of aliphatic imine (C=N–C) groups is 1. The first-order chi connectivity index (χ1) is 12.1. The van der Waals surface area contributed by atoms with Crippen molar-refractivity contribution in [3.63, 3.8) is 0 Å². The predicted octanol–water partition coefficient (Wildman–Crippen LogP) is 2.54. The number of hydrogen-bond acceptors (Lipinski definition) is 7. The van der Waals surface area contributed by atoms with E-state index in [2.05, 4.69) is 21.4 Å². The summed E-state index contributed by atoms with van der Waals surface area (Å²) in [7, 11) is 0. The van der Waals surface area contributed by atoms with Gasteiger partial charge in [-0.05, 0) is 23.8 Å². The van der Waals surface area contributed by atoms with E-state index in [-0.39, 0.29) is 11.7 Å². The van der Waals surface area contributed by atoms with Crippen LogP contribution in [0.25, 0.3) is 10.6 Å². The summed E-state index contributed by atoms with van der Waals surface area (Å²) in [6.45, 7) is 2.20. The standard InChI is InChI=1S/C17H15N3O3S2/c1-9(21)12-7-25-17(19-12)20-15(22)13-8-24-16(18-13)11-2-3-14-10(6-11)4-5-23-14/h2-3,6,8,17H,4-5,7H2,1H3,(H,20,22). The molecule has 0 fully saturated rings. The van der Waals surface area contributed by atoms with E-state index in [1.165, 1.54) is 35.6 Å². The molecular formula is C17H15N3O3S2. The normalized spacial score (nSPS) is 18.4. The van der Waals surface area contributed by atoms with Gasteiger partial charge < -0.3 is 10.1 Å². The number of ether oxygens (including phenoxy) is 1. The van der Waals surface area contributed by atoms with Crippen LogP contribution >= 0.6 is 23.1 Å². The lowest BCUT2D eigenvalue weighted by molar-refractivity contribution is -0.111. The summed E-state index contributed by atoms with van der Waals surface area (Å²) in [5, 5.41) is 5.33. The van der Waals surface area contributed by atoms with E-state index in [1.54, 1.807) is 5.38 Å². The van der Waals surface area contributed by atoms with Gasteiger partial charge in [-0.3, -0.25) is 14.6 Å². The van der Waals surface area contributed by atoms with Crippen molar-refractivity contribution < 1.29 is 14.3 Å². The van der Waals surface area contributed by atoms with Crippen LogP contribution in [0.4, 0.5) is 0 Å². The first-order valence-electron chi connectivity index (χ1n) is 7.82. The molecule has 0 radical (unpaired) electrons. The molecule has 1 amide bonds. The van der Waals surface area contributed by atoms with E-state index in [4.69, 9.17) is 4.74 Å². The number of amides is 1. The molecule has 3 heterocycles. The smallest absolute Gasteiger partial charge is 0.273 e. The second-order valence-corrected chi connectivity index (χ2v) is 7.65. The van der Waals surface area contributed by atoms with E-state index >= 15 is 0 Å². The molecule has 1 aromatic carbocycles. The van der Waals surface area contributed by atoms with Gasteiger partial charge in [0, 0.05) is 30.0 Å². The third-order valence-corrected chi connectivity index (χ3v) is 5.86. The SMILES string of the molecule is CC(=O)C1=NC(NC(=O)c2csc(-c3ccc4c(c3)CCO4)n2)SC1. The van der Waals surface area contributed by atoms with Gasteiger partial charge in [0.2, 0.25) is 0 Å². The Bertz CT molecular complexity index is 891. The Balaban J connectivity index is 1.48. The molecule has 0 bridgehead atoms. The highest BCUT2D eigenvalue weighted by Gasteiger charge is 2.23. The molecule has 2 aliphatic rings. The largest absolute Gasteiger partial charge is 0.493 e. The van der Waals surface area contributed by atoms with Crippen LogP contribution in [0.15, 0.2) is 28.6 Å². The minimum atomic E-state index is -0.423. The molecule has 1 atom stereocenters. The summed E-state index contributed by atoms with van der Waals surface area (Å²) in [5.41, 5.74) is 2.61. The summed E-state index contributed by atoms with van der Waals surface area (Å²) in [4.78, 5) is 32.3. The molecule has 1 unspecified atom stereocenters. The zero-order chi connectivity index (χ0) is 17.4. The highest BCUT2D eigenvalue weighted by atomic mass is 32.2.